The number of hydrogen-bond acceptors (Lipinski definition) is 7. The van der Waals surface area contributed by atoms with Gasteiger partial charge in [0.2, 0.25) is 0 Å². The molecule has 0 amide bonds. The highest BCUT2D eigenvalue weighted by atomic mass is 32.1. The van der Waals surface area contributed by atoms with E-state index in [-0.39, 0.29) is 26.1 Å². The number of carbonyl (C=O) groups excluding carboxylic acids is 2. The van der Waals surface area contributed by atoms with Crippen LogP contribution in [0.1, 0.15) is 38.2 Å². The number of ether oxygens (including phenoxy) is 3. The molecule has 0 radical (unpaired) electrons. The summed E-state index contributed by atoms with van der Waals surface area (Å²) < 4.78 is 15.1. The second-order valence-electron chi connectivity index (χ2n) is 5.10. The summed E-state index contributed by atoms with van der Waals surface area (Å²) in [6.45, 7) is 4.02. The summed E-state index contributed by atoms with van der Waals surface area (Å²) in [5.41, 5.74) is 0.796. The monoisotopic (exact) mass is 382 g/mol. The van der Waals surface area contributed by atoms with Crippen molar-refractivity contribution in [2.75, 3.05) is 20.3 Å². The predicted octanol–water partition coefficient (Wildman–Crippen LogP) is 3.43. The first-order valence-corrected chi connectivity index (χ1v) is 8.75. The Hall–Kier alpha value is -1.86. The topological polar surface area (TPSA) is 61.8 Å². The Kier molecular flexibility index (Phi) is 9.23. The van der Waals surface area contributed by atoms with Gasteiger partial charge in [-0.3, -0.25) is 9.59 Å². The average molecular weight is 383 g/mol. The van der Waals surface area contributed by atoms with Crippen LogP contribution < -0.4 is 4.74 Å². The van der Waals surface area contributed by atoms with Crippen LogP contribution in [0.2, 0.25) is 0 Å². The maximum Gasteiger partial charge on any atom is 0.310 e. The molecule has 0 fully saturated rings. The van der Waals surface area contributed by atoms with Gasteiger partial charge in [-0.15, -0.1) is 0 Å². The van der Waals surface area contributed by atoms with Gasteiger partial charge in [-0.05, 0) is 31.5 Å². The van der Waals surface area contributed by atoms with E-state index in [0.29, 0.717) is 15.5 Å². The summed E-state index contributed by atoms with van der Waals surface area (Å²) >= 11 is 10.9. The minimum absolute atomic E-state index is 0.0389. The number of benzene rings is 1. The standard InChI is InChI=1S/C18H22O5S2/c1-4-22-16(19)10-14(24)18(15(25)11-17(20)23-5-2)12-6-8-13(21-3)9-7-12/h6-9,18H,4-5,10-11H2,1-3H3. The quantitative estimate of drug-likeness (QED) is 0.454. The molecule has 1 rings (SSSR count). The van der Waals surface area contributed by atoms with E-state index in [4.69, 9.17) is 38.6 Å². The molecule has 0 saturated heterocycles. The third-order valence-corrected chi connectivity index (χ3v) is 4.10. The molecule has 25 heavy (non-hydrogen) atoms. The van der Waals surface area contributed by atoms with Gasteiger partial charge in [0.25, 0.3) is 0 Å². The lowest BCUT2D eigenvalue weighted by Crippen LogP contribution is -2.25. The van der Waals surface area contributed by atoms with Crippen LogP contribution in [0.5, 0.6) is 5.75 Å². The fraction of sp³-hybridized carbons (Fsp3) is 0.444. The number of esters is 2. The molecular formula is C18H22O5S2. The van der Waals surface area contributed by atoms with Gasteiger partial charge in [-0.1, -0.05) is 36.6 Å². The van der Waals surface area contributed by atoms with Crippen molar-refractivity contribution in [1.82, 2.24) is 0 Å². The van der Waals surface area contributed by atoms with E-state index in [1.165, 1.54) is 0 Å². The normalized spacial score (nSPS) is 10.2. The Morgan fingerprint density at radius 1 is 0.920 bits per heavy atom. The SMILES string of the molecule is CCOC(=O)CC(=S)C(C(=S)CC(=O)OCC)c1ccc(OC)cc1. The van der Waals surface area contributed by atoms with Crippen LogP contribution in [0.3, 0.4) is 0 Å². The Balaban J connectivity index is 3.03. The summed E-state index contributed by atoms with van der Waals surface area (Å²) in [5, 5.41) is 0. The van der Waals surface area contributed by atoms with Crippen LogP contribution in [-0.4, -0.2) is 42.0 Å². The number of carbonyl (C=O) groups is 2. The van der Waals surface area contributed by atoms with E-state index in [0.717, 1.165) is 5.56 Å². The molecule has 0 unspecified atom stereocenters. The molecule has 136 valence electrons. The predicted molar refractivity (Wildman–Crippen MR) is 103 cm³/mol. The Labute approximate surface area is 158 Å². The smallest absolute Gasteiger partial charge is 0.310 e. The van der Waals surface area contributed by atoms with Crippen LogP contribution in [-0.2, 0) is 19.1 Å². The zero-order valence-electron chi connectivity index (χ0n) is 14.6. The lowest BCUT2D eigenvalue weighted by atomic mass is 9.89. The van der Waals surface area contributed by atoms with E-state index >= 15 is 0 Å². The van der Waals surface area contributed by atoms with Gasteiger partial charge in [0.05, 0.1) is 33.2 Å². The van der Waals surface area contributed by atoms with Crippen LogP contribution in [0.15, 0.2) is 24.3 Å². The highest BCUT2D eigenvalue weighted by Gasteiger charge is 2.26. The van der Waals surface area contributed by atoms with Gasteiger partial charge in [-0.2, -0.15) is 0 Å². The van der Waals surface area contributed by atoms with Gasteiger partial charge < -0.3 is 14.2 Å². The number of hydrogen-bond donors (Lipinski definition) is 0. The molecule has 0 aliphatic rings. The Morgan fingerprint density at radius 2 is 1.36 bits per heavy atom. The summed E-state index contributed by atoms with van der Waals surface area (Å²) in [6, 6.07) is 7.20. The Morgan fingerprint density at radius 3 is 1.72 bits per heavy atom. The van der Waals surface area contributed by atoms with E-state index in [1.54, 1.807) is 33.1 Å². The van der Waals surface area contributed by atoms with Crippen LogP contribution in [0.25, 0.3) is 0 Å². The zero-order chi connectivity index (χ0) is 18.8. The molecule has 0 N–H and O–H groups in total. The highest BCUT2D eigenvalue weighted by molar-refractivity contribution is 7.82. The molecule has 0 aromatic heterocycles. The third-order valence-electron chi connectivity index (χ3n) is 3.34. The number of thiocarbonyl (C=S) groups is 2. The molecule has 7 heteroatoms. The molecule has 0 spiro atoms. The molecule has 0 bridgehead atoms. The second-order valence-corrected chi connectivity index (χ2v) is 6.15. The molecule has 0 heterocycles. The van der Waals surface area contributed by atoms with Crippen LogP contribution in [0, 0.1) is 0 Å². The van der Waals surface area contributed by atoms with E-state index in [9.17, 15) is 9.59 Å². The zero-order valence-corrected chi connectivity index (χ0v) is 16.2. The van der Waals surface area contributed by atoms with Gasteiger partial charge in [0.1, 0.15) is 5.75 Å². The lowest BCUT2D eigenvalue weighted by Gasteiger charge is -2.19. The van der Waals surface area contributed by atoms with Gasteiger partial charge in [0.15, 0.2) is 0 Å². The molecule has 5 nitrogen and oxygen atoms in total. The Bertz CT molecular complexity index is 593. The largest absolute Gasteiger partial charge is 0.497 e. The van der Waals surface area contributed by atoms with Crippen LogP contribution in [0.4, 0.5) is 0 Å². The molecule has 0 atom stereocenters. The molecule has 1 aromatic rings. The maximum absolute atomic E-state index is 11.8. The van der Waals surface area contributed by atoms with Crippen molar-refractivity contribution in [3.05, 3.63) is 29.8 Å². The van der Waals surface area contributed by atoms with Crippen molar-refractivity contribution >= 4 is 46.1 Å². The highest BCUT2D eigenvalue weighted by Crippen LogP contribution is 2.26. The van der Waals surface area contributed by atoms with Gasteiger partial charge in [-0.25, -0.2) is 0 Å². The fourth-order valence-corrected chi connectivity index (χ4v) is 3.13. The third kappa shape index (κ3) is 6.88. The average Bonchev–Trinajstić information content (AvgIpc) is 2.55. The number of methoxy groups -OCH3 is 1. The van der Waals surface area contributed by atoms with Crippen molar-refractivity contribution in [1.29, 1.82) is 0 Å². The lowest BCUT2D eigenvalue weighted by molar-refractivity contribution is -0.142. The van der Waals surface area contributed by atoms with Crippen LogP contribution >= 0.6 is 24.4 Å². The molecule has 1 aromatic carbocycles. The van der Waals surface area contributed by atoms with Crippen molar-refractivity contribution in [2.24, 2.45) is 0 Å². The summed E-state index contributed by atoms with van der Waals surface area (Å²) in [4.78, 5) is 24.4. The maximum atomic E-state index is 11.8. The minimum atomic E-state index is -0.496. The number of rotatable bonds is 10. The summed E-state index contributed by atoms with van der Waals surface area (Å²) in [6.07, 6.45) is -0.0777. The van der Waals surface area contributed by atoms with E-state index in [1.807, 2.05) is 12.1 Å². The first kappa shape index (κ1) is 21.2. The van der Waals surface area contributed by atoms with Gasteiger partial charge in [0, 0.05) is 15.6 Å². The van der Waals surface area contributed by atoms with E-state index in [2.05, 4.69) is 0 Å². The molecule has 0 aliphatic heterocycles. The molecule has 0 aliphatic carbocycles. The van der Waals surface area contributed by atoms with E-state index < -0.39 is 17.9 Å². The molecule has 0 saturated carbocycles. The minimum Gasteiger partial charge on any atom is -0.497 e. The summed E-state index contributed by atoms with van der Waals surface area (Å²) in [5.74, 6) is -0.630. The molecular weight excluding hydrogens is 360 g/mol. The summed E-state index contributed by atoms with van der Waals surface area (Å²) in [7, 11) is 1.57. The first-order valence-electron chi connectivity index (χ1n) is 7.93. The second kappa shape index (κ2) is 10.9. The first-order chi connectivity index (χ1) is 11.9. The van der Waals surface area contributed by atoms with Crippen molar-refractivity contribution in [3.8, 4) is 5.75 Å². The van der Waals surface area contributed by atoms with Gasteiger partial charge >= 0.3 is 11.9 Å². The van der Waals surface area contributed by atoms with Crippen molar-refractivity contribution < 1.29 is 23.8 Å². The van der Waals surface area contributed by atoms with Crippen molar-refractivity contribution in [3.63, 3.8) is 0 Å². The fourth-order valence-electron chi connectivity index (χ4n) is 2.26. The van der Waals surface area contributed by atoms with Crippen molar-refractivity contribution in [2.45, 2.75) is 32.6 Å².